The van der Waals surface area contributed by atoms with Gasteiger partial charge in [0.2, 0.25) is 0 Å². The van der Waals surface area contributed by atoms with E-state index in [4.69, 9.17) is 11.6 Å². The number of phenolic OH excluding ortho intramolecular Hbond substituents is 1. The van der Waals surface area contributed by atoms with Crippen molar-refractivity contribution in [2.45, 2.75) is 11.8 Å². The second-order valence-electron chi connectivity index (χ2n) is 5.40. The third-order valence-electron chi connectivity index (χ3n) is 3.66. The fourth-order valence-corrected chi connectivity index (χ4v) is 3.23. The van der Waals surface area contributed by atoms with Gasteiger partial charge >= 0.3 is 0 Å². The number of phenols is 1. The Morgan fingerprint density at radius 2 is 1.76 bits per heavy atom. The summed E-state index contributed by atoms with van der Waals surface area (Å²) in [7, 11) is -4.50. The average Bonchev–Trinajstić information content (AvgIpc) is 2.55. The van der Waals surface area contributed by atoms with Crippen LogP contribution in [0.25, 0.3) is 10.8 Å². The predicted octanol–water partition coefficient (Wildman–Crippen LogP) is 5.17. The first-order chi connectivity index (χ1) is 11.8. The van der Waals surface area contributed by atoms with Crippen LogP contribution in [-0.4, -0.2) is 18.1 Å². The van der Waals surface area contributed by atoms with E-state index >= 15 is 0 Å². The van der Waals surface area contributed by atoms with Crippen LogP contribution in [0.5, 0.6) is 5.75 Å². The van der Waals surface area contributed by atoms with E-state index in [0.29, 0.717) is 10.9 Å². The third-order valence-corrected chi connectivity index (χ3v) is 4.95. The predicted molar refractivity (Wildman–Crippen MR) is 95.8 cm³/mol. The number of hydrogen-bond acceptors (Lipinski definition) is 5. The van der Waals surface area contributed by atoms with Gasteiger partial charge in [0, 0.05) is 10.4 Å². The number of azo groups is 1. The Labute approximate surface area is 149 Å². The van der Waals surface area contributed by atoms with Gasteiger partial charge < -0.3 is 5.11 Å². The largest absolute Gasteiger partial charge is 0.506 e. The topological polar surface area (TPSA) is 99.3 Å². The Morgan fingerprint density at radius 1 is 1.04 bits per heavy atom. The highest BCUT2D eigenvalue weighted by Gasteiger charge is 2.18. The molecular weight excluding hydrogens is 364 g/mol. The first-order valence-corrected chi connectivity index (χ1v) is 8.99. The quantitative estimate of drug-likeness (QED) is 0.486. The Morgan fingerprint density at radius 3 is 2.48 bits per heavy atom. The summed E-state index contributed by atoms with van der Waals surface area (Å²) in [4.78, 5) is -0.405. The number of nitrogens with zero attached hydrogens (tertiary/aromatic N) is 2. The molecule has 0 bridgehead atoms. The number of benzene rings is 3. The van der Waals surface area contributed by atoms with E-state index < -0.39 is 15.0 Å². The van der Waals surface area contributed by atoms with Crippen molar-refractivity contribution in [1.29, 1.82) is 0 Å². The van der Waals surface area contributed by atoms with E-state index in [9.17, 15) is 18.1 Å². The minimum Gasteiger partial charge on any atom is -0.506 e. The molecule has 0 saturated heterocycles. The maximum absolute atomic E-state index is 11.6. The van der Waals surface area contributed by atoms with Crippen molar-refractivity contribution in [2.24, 2.45) is 10.2 Å². The smallest absolute Gasteiger partial charge is 0.296 e. The van der Waals surface area contributed by atoms with Crippen LogP contribution in [0, 0.1) is 6.92 Å². The molecule has 0 aromatic heterocycles. The van der Waals surface area contributed by atoms with E-state index in [1.165, 1.54) is 18.2 Å². The highest BCUT2D eigenvalue weighted by molar-refractivity contribution is 7.86. The second-order valence-corrected chi connectivity index (χ2v) is 7.20. The molecule has 0 spiro atoms. The van der Waals surface area contributed by atoms with Gasteiger partial charge in [0.05, 0.1) is 0 Å². The summed E-state index contributed by atoms with van der Waals surface area (Å²) < 4.78 is 32.5. The highest BCUT2D eigenvalue weighted by Crippen LogP contribution is 2.37. The molecule has 3 rings (SSSR count). The Kier molecular flexibility index (Phi) is 4.47. The van der Waals surface area contributed by atoms with E-state index in [2.05, 4.69) is 10.2 Å². The molecule has 0 fully saturated rings. The Bertz CT molecular complexity index is 1110. The molecule has 0 atom stereocenters. The van der Waals surface area contributed by atoms with Crippen molar-refractivity contribution in [3.05, 3.63) is 59.1 Å². The first-order valence-electron chi connectivity index (χ1n) is 7.17. The SMILES string of the molecule is Cc1cc(S(=O)(=O)O)c(N=Nc2c(O)ccc3ccccc23)cc1Cl. The fourth-order valence-electron chi connectivity index (χ4n) is 2.38. The van der Waals surface area contributed by atoms with Gasteiger partial charge in [0.1, 0.15) is 22.0 Å². The normalized spacial score (nSPS) is 12.1. The van der Waals surface area contributed by atoms with E-state index in [0.717, 1.165) is 5.39 Å². The fraction of sp³-hybridized carbons (Fsp3) is 0.0588. The van der Waals surface area contributed by atoms with Crippen molar-refractivity contribution < 1.29 is 18.1 Å². The summed E-state index contributed by atoms with van der Waals surface area (Å²) in [5.74, 6) is -0.103. The maximum atomic E-state index is 11.6. The Hall–Kier alpha value is -2.48. The van der Waals surface area contributed by atoms with Crippen LogP contribution in [0.4, 0.5) is 11.4 Å². The standard InChI is InChI=1S/C17H13ClN2O4S/c1-10-8-16(25(22,23)24)14(9-13(10)18)19-20-17-12-5-3-2-4-11(12)6-7-15(17)21/h2-9,21H,1H3,(H,22,23,24). The lowest BCUT2D eigenvalue weighted by atomic mass is 10.1. The highest BCUT2D eigenvalue weighted by atomic mass is 35.5. The number of hydrogen-bond donors (Lipinski definition) is 2. The van der Waals surface area contributed by atoms with Crippen molar-refractivity contribution in [3.63, 3.8) is 0 Å². The zero-order valence-electron chi connectivity index (χ0n) is 13.0. The maximum Gasteiger partial charge on any atom is 0.296 e. The molecule has 0 heterocycles. The summed E-state index contributed by atoms with van der Waals surface area (Å²) >= 11 is 6.02. The molecule has 0 unspecified atom stereocenters. The molecule has 25 heavy (non-hydrogen) atoms. The zero-order valence-corrected chi connectivity index (χ0v) is 14.6. The summed E-state index contributed by atoms with van der Waals surface area (Å²) in [6.07, 6.45) is 0. The molecular formula is C17H13ClN2O4S. The lowest BCUT2D eigenvalue weighted by Gasteiger charge is -2.06. The number of rotatable bonds is 3. The molecule has 0 saturated carbocycles. The molecule has 0 aliphatic heterocycles. The lowest BCUT2D eigenvalue weighted by Crippen LogP contribution is -1.99. The Balaban J connectivity index is 2.19. The van der Waals surface area contributed by atoms with Crippen molar-refractivity contribution in [2.75, 3.05) is 0 Å². The zero-order chi connectivity index (χ0) is 18.2. The molecule has 6 nitrogen and oxygen atoms in total. The van der Waals surface area contributed by atoms with Crippen molar-refractivity contribution >= 4 is 43.9 Å². The van der Waals surface area contributed by atoms with Gasteiger partial charge in [-0.05, 0) is 36.1 Å². The summed E-state index contributed by atoms with van der Waals surface area (Å²) in [5.41, 5.74) is 0.544. The average molecular weight is 377 g/mol. The lowest BCUT2D eigenvalue weighted by molar-refractivity contribution is 0.477. The van der Waals surface area contributed by atoms with E-state index in [1.54, 1.807) is 25.1 Å². The minimum atomic E-state index is -4.50. The summed E-state index contributed by atoms with van der Waals surface area (Å²) in [6.45, 7) is 1.61. The van der Waals surface area contributed by atoms with Crippen molar-refractivity contribution in [3.8, 4) is 5.75 Å². The number of halogens is 1. The first kappa shape index (κ1) is 17.3. The molecule has 8 heteroatoms. The molecule has 0 aliphatic carbocycles. The van der Waals surface area contributed by atoms with Crippen LogP contribution in [0.2, 0.25) is 5.02 Å². The van der Waals surface area contributed by atoms with Crippen LogP contribution in [0.1, 0.15) is 5.56 Å². The van der Waals surface area contributed by atoms with Gasteiger partial charge in [-0.1, -0.05) is 41.9 Å². The van der Waals surface area contributed by atoms with E-state index in [-0.39, 0.29) is 22.1 Å². The molecule has 0 amide bonds. The van der Waals surface area contributed by atoms with Crippen molar-refractivity contribution in [1.82, 2.24) is 0 Å². The minimum absolute atomic E-state index is 0.103. The summed E-state index contributed by atoms with van der Waals surface area (Å²) in [6, 6.07) is 13.0. The van der Waals surface area contributed by atoms with Crippen LogP contribution in [0.3, 0.4) is 0 Å². The number of aromatic hydroxyl groups is 1. The summed E-state index contributed by atoms with van der Waals surface area (Å²) in [5, 5.41) is 19.7. The number of fused-ring (bicyclic) bond motifs is 1. The van der Waals surface area contributed by atoms with Gasteiger partial charge in [-0.3, -0.25) is 4.55 Å². The van der Waals surface area contributed by atoms with Gasteiger partial charge in [-0.15, -0.1) is 10.2 Å². The molecule has 128 valence electrons. The van der Waals surface area contributed by atoms with E-state index in [1.807, 2.05) is 12.1 Å². The van der Waals surface area contributed by atoms with Gasteiger partial charge in [-0.25, -0.2) is 0 Å². The molecule has 2 N–H and O–H groups in total. The molecule has 3 aromatic carbocycles. The van der Waals surface area contributed by atoms with Crippen LogP contribution < -0.4 is 0 Å². The monoisotopic (exact) mass is 376 g/mol. The van der Waals surface area contributed by atoms with Gasteiger partial charge in [0.25, 0.3) is 10.1 Å². The van der Waals surface area contributed by atoms with Crippen LogP contribution in [0.15, 0.2) is 63.7 Å². The molecule has 3 aromatic rings. The molecule has 0 radical (unpaired) electrons. The van der Waals surface area contributed by atoms with Crippen LogP contribution >= 0.6 is 11.6 Å². The van der Waals surface area contributed by atoms with Gasteiger partial charge in [-0.2, -0.15) is 8.42 Å². The third kappa shape index (κ3) is 3.48. The van der Waals surface area contributed by atoms with Crippen LogP contribution in [-0.2, 0) is 10.1 Å². The van der Waals surface area contributed by atoms with Gasteiger partial charge in [0.15, 0.2) is 0 Å². The number of aryl methyl sites for hydroxylation is 1. The second kappa shape index (κ2) is 6.44. The molecule has 0 aliphatic rings.